The predicted octanol–water partition coefficient (Wildman–Crippen LogP) is 4.84. The van der Waals surface area contributed by atoms with Crippen LogP contribution in [0.3, 0.4) is 0 Å². The van der Waals surface area contributed by atoms with E-state index in [9.17, 15) is 9.90 Å². The summed E-state index contributed by atoms with van der Waals surface area (Å²) in [4.78, 5) is 19.3. The van der Waals surface area contributed by atoms with Crippen molar-refractivity contribution in [3.63, 3.8) is 0 Å². The van der Waals surface area contributed by atoms with Crippen LogP contribution in [-0.4, -0.2) is 34.5 Å². The molecule has 8 nitrogen and oxygen atoms in total. The molecule has 4 N–H and O–H groups in total. The maximum Gasteiger partial charge on any atom is 0.251 e. The van der Waals surface area contributed by atoms with Gasteiger partial charge in [-0.2, -0.15) is 0 Å². The number of pyridine rings is 1. The molecule has 5 aromatic rings. The summed E-state index contributed by atoms with van der Waals surface area (Å²) in [6, 6.07) is 25.7. The van der Waals surface area contributed by atoms with E-state index in [1.807, 2.05) is 91.9 Å². The highest BCUT2D eigenvalue weighted by Gasteiger charge is 2.20. The van der Waals surface area contributed by atoms with E-state index in [2.05, 4.69) is 37.5 Å². The van der Waals surface area contributed by atoms with Gasteiger partial charge in [0, 0.05) is 56.5 Å². The summed E-state index contributed by atoms with van der Waals surface area (Å²) in [6.07, 6.45) is 3.12. The number of amides is 1. The summed E-state index contributed by atoms with van der Waals surface area (Å²) in [5, 5.41) is 19.5. The highest BCUT2D eigenvalue weighted by Crippen LogP contribution is 2.31. The Morgan fingerprint density at radius 1 is 1.05 bits per heavy atom. The Balaban J connectivity index is 1.15. The molecule has 3 heterocycles. The number of nitrogens with zero attached hydrogens (tertiary/aromatic N) is 3. The number of benzene rings is 3. The monoisotopic (exact) mass is 518 g/mol. The van der Waals surface area contributed by atoms with Crippen molar-refractivity contribution in [2.24, 2.45) is 0 Å². The lowest BCUT2D eigenvalue weighted by Crippen LogP contribution is -2.22. The van der Waals surface area contributed by atoms with Crippen LogP contribution in [0, 0.1) is 0 Å². The first-order valence-electron chi connectivity index (χ1n) is 12.9. The molecule has 196 valence electrons. The maximum atomic E-state index is 12.7. The lowest BCUT2D eigenvalue weighted by atomic mass is 10.0. The molecule has 0 radical (unpaired) electrons. The van der Waals surface area contributed by atoms with Crippen molar-refractivity contribution in [2.75, 3.05) is 24.3 Å². The van der Waals surface area contributed by atoms with Crippen molar-refractivity contribution in [1.29, 1.82) is 0 Å². The molecule has 0 fully saturated rings. The number of carbonyl (C=O) groups is 1. The Bertz CT molecular complexity index is 1640. The number of aromatic nitrogens is 2. The SMILES string of the molecule is CN(C)c1ccc(CNC(=O)c2ccc(Nc3ccc(-c4ccc5c(c4)CNC5O)n4ccnc34)cc2)cc1. The molecule has 2 aromatic heterocycles. The van der Waals surface area contributed by atoms with Crippen molar-refractivity contribution in [3.05, 3.63) is 114 Å². The molecule has 1 aliphatic rings. The summed E-state index contributed by atoms with van der Waals surface area (Å²) in [5.74, 6) is -0.115. The van der Waals surface area contributed by atoms with E-state index >= 15 is 0 Å². The van der Waals surface area contributed by atoms with E-state index in [0.717, 1.165) is 50.7 Å². The lowest BCUT2D eigenvalue weighted by Gasteiger charge is -2.13. The number of imidazole rings is 1. The van der Waals surface area contributed by atoms with Gasteiger partial charge in [-0.15, -0.1) is 0 Å². The first kappa shape index (κ1) is 24.7. The summed E-state index contributed by atoms with van der Waals surface area (Å²) >= 11 is 0. The molecular weight excluding hydrogens is 488 g/mol. The maximum absolute atomic E-state index is 12.7. The van der Waals surface area contributed by atoms with Crippen molar-refractivity contribution in [3.8, 4) is 11.3 Å². The van der Waals surface area contributed by atoms with Crippen molar-refractivity contribution in [1.82, 2.24) is 20.0 Å². The van der Waals surface area contributed by atoms with Gasteiger partial charge in [-0.3, -0.25) is 14.5 Å². The third kappa shape index (κ3) is 4.95. The van der Waals surface area contributed by atoms with Crippen LogP contribution in [0.2, 0.25) is 0 Å². The molecule has 0 aliphatic carbocycles. The van der Waals surface area contributed by atoms with E-state index in [1.165, 1.54) is 0 Å². The lowest BCUT2D eigenvalue weighted by molar-refractivity contribution is 0.0951. The van der Waals surface area contributed by atoms with Gasteiger partial charge < -0.3 is 20.6 Å². The van der Waals surface area contributed by atoms with E-state index in [-0.39, 0.29) is 5.91 Å². The van der Waals surface area contributed by atoms with Gasteiger partial charge in [-0.1, -0.05) is 24.3 Å². The van der Waals surface area contributed by atoms with Crippen LogP contribution in [0.15, 0.2) is 91.3 Å². The second-order valence-electron chi connectivity index (χ2n) is 9.90. The van der Waals surface area contributed by atoms with Gasteiger partial charge in [0.2, 0.25) is 0 Å². The molecule has 0 saturated carbocycles. The molecule has 1 amide bonds. The van der Waals surface area contributed by atoms with E-state index < -0.39 is 6.23 Å². The number of fused-ring (bicyclic) bond motifs is 2. The number of aliphatic hydroxyl groups is 1. The van der Waals surface area contributed by atoms with Crippen molar-refractivity contribution in [2.45, 2.75) is 19.3 Å². The molecule has 0 spiro atoms. The van der Waals surface area contributed by atoms with Crippen molar-refractivity contribution >= 4 is 28.6 Å². The zero-order valence-corrected chi connectivity index (χ0v) is 21.8. The quantitative estimate of drug-likeness (QED) is 0.247. The molecule has 1 atom stereocenters. The van der Waals surface area contributed by atoms with Crippen LogP contribution in [0.4, 0.5) is 17.1 Å². The van der Waals surface area contributed by atoms with Crippen LogP contribution >= 0.6 is 0 Å². The highest BCUT2D eigenvalue weighted by atomic mass is 16.3. The van der Waals surface area contributed by atoms with Crippen LogP contribution in [0.25, 0.3) is 16.9 Å². The van der Waals surface area contributed by atoms with Gasteiger partial charge in [0.25, 0.3) is 5.91 Å². The number of hydrogen-bond donors (Lipinski definition) is 4. The first-order valence-corrected chi connectivity index (χ1v) is 12.9. The van der Waals surface area contributed by atoms with Gasteiger partial charge in [-0.05, 0) is 76.9 Å². The Hall–Kier alpha value is -4.66. The fourth-order valence-electron chi connectivity index (χ4n) is 4.91. The molecule has 6 rings (SSSR count). The minimum absolute atomic E-state index is 0.115. The molecule has 39 heavy (non-hydrogen) atoms. The van der Waals surface area contributed by atoms with Crippen molar-refractivity contribution < 1.29 is 9.90 Å². The Morgan fingerprint density at radius 3 is 2.62 bits per heavy atom. The number of rotatable bonds is 7. The van der Waals surface area contributed by atoms with Gasteiger partial charge in [-0.25, -0.2) is 4.98 Å². The number of hydrogen-bond acceptors (Lipinski definition) is 6. The second kappa shape index (κ2) is 10.2. The van der Waals surface area contributed by atoms with Crippen LogP contribution in [0.1, 0.15) is 33.3 Å². The fraction of sp³-hybridized carbons (Fsp3) is 0.161. The molecule has 1 aliphatic heterocycles. The van der Waals surface area contributed by atoms with E-state index in [4.69, 9.17) is 0 Å². The normalized spacial score (nSPS) is 14.3. The third-order valence-corrected chi connectivity index (χ3v) is 7.10. The largest absolute Gasteiger partial charge is 0.378 e. The van der Waals surface area contributed by atoms with Gasteiger partial charge in [0.1, 0.15) is 6.23 Å². The summed E-state index contributed by atoms with van der Waals surface area (Å²) < 4.78 is 2.05. The average Bonchev–Trinajstić information content (AvgIpc) is 3.60. The second-order valence-corrected chi connectivity index (χ2v) is 9.90. The summed E-state index contributed by atoms with van der Waals surface area (Å²) in [5.41, 5.74) is 9.39. The minimum Gasteiger partial charge on any atom is -0.378 e. The van der Waals surface area contributed by atoms with Gasteiger partial charge >= 0.3 is 0 Å². The smallest absolute Gasteiger partial charge is 0.251 e. The Morgan fingerprint density at radius 2 is 1.85 bits per heavy atom. The Labute approximate surface area is 226 Å². The molecule has 0 saturated heterocycles. The van der Waals surface area contributed by atoms with Gasteiger partial charge in [0.05, 0.1) is 11.4 Å². The molecule has 0 bridgehead atoms. The topological polar surface area (TPSA) is 93.9 Å². The molecule has 3 aromatic carbocycles. The standard InChI is InChI=1S/C31H30N6O2/c1-36(2)25-10-3-20(4-11-25)18-33-30(38)21-5-8-24(9-6-21)35-27-13-14-28(37-16-15-32-29(27)37)22-7-12-26-23(17-22)19-34-31(26)39/h3-17,31,34-35,39H,18-19H2,1-2H3,(H,33,38). The molecule has 1 unspecified atom stereocenters. The van der Waals surface area contributed by atoms with E-state index in [0.29, 0.717) is 18.7 Å². The van der Waals surface area contributed by atoms with Crippen LogP contribution in [0.5, 0.6) is 0 Å². The Kier molecular flexibility index (Phi) is 6.48. The number of aliphatic hydroxyl groups excluding tert-OH is 1. The van der Waals surface area contributed by atoms with Crippen LogP contribution in [-0.2, 0) is 13.1 Å². The summed E-state index contributed by atoms with van der Waals surface area (Å²) in [6.45, 7) is 1.12. The third-order valence-electron chi connectivity index (χ3n) is 7.10. The zero-order valence-electron chi connectivity index (χ0n) is 21.8. The first-order chi connectivity index (χ1) is 19.0. The van der Waals surface area contributed by atoms with E-state index in [1.54, 1.807) is 6.20 Å². The predicted molar refractivity (Wildman–Crippen MR) is 154 cm³/mol. The zero-order chi connectivity index (χ0) is 26.9. The minimum atomic E-state index is -0.605. The van der Waals surface area contributed by atoms with Gasteiger partial charge in [0.15, 0.2) is 5.65 Å². The summed E-state index contributed by atoms with van der Waals surface area (Å²) in [7, 11) is 4.01. The number of carbonyl (C=O) groups excluding carboxylic acids is 1. The van der Waals surface area contributed by atoms with Crippen LogP contribution < -0.4 is 20.9 Å². The fourth-order valence-corrected chi connectivity index (χ4v) is 4.91. The molecule has 8 heteroatoms. The average molecular weight is 519 g/mol. The molecular formula is C31H30N6O2. The number of nitrogens with one attached hydrogen (secondary N) is 3. The number of anilines is 3. The highest BCUT2D eigenvalue weighted by molar-refractivity contribution is 5.94.